The minimum absolute atomic E-state index is 0.430. The second kappa shape index (κ2) is 6.26. The van der Waals surface area contributed by atoms with E-state index in [2.05, 4.69) is 58.5 Å². The number of benzene rings is 1. The van der Waals surface area contributed by atoms with Gasteiger partial charge in [0.15, 0.2) is 5.82 Å². The lowest BCUT2D eigenvalue weighted by Crippen LogP contribution is -2.35. The van der Waals surface area contributed by atoms with E-state index in [-0.39, 0.29) is 0 Å². The molecule has 1 aromatic heterocycles. The molecule has 5 heteroatoms. The van der Waals surface area contributed by atoms with Crippen LogP contribution in [-0.4, -0.2) is 22.7 Å². The van der Waals surface area contributed by atoms with Gasteiger partial charge in [-0.2, -0.15) is 4.98 Å². The fourth-order valence-electron chi connectivity index (χ4n) is 2.74. The molecule has 0 saturated carbocycles. The quantitative estimate of drug-likeness (QED) is 0.936. The third kappa shape index (κ3) is 3.24. The summed E-state index contributed by atoms with van der Waals surface area (Å²) in [5.41, 5.74) is 2.58. The highest BCUT2D eigenvalue weighted by atomic mass is 16.5. The molecule has 21 heavy (non-hydrogen) atoms. The van der Waals surface area contributed by atoms with Crippen molar-refractivity contribution in [3.8, 4) is 0 Å². The molecule has 0 bridgehead atoms. The van der Waals surface area contributed by atoms with Crippen LogP contribution in [0.2, 0.25) is 0 Å². The van der Waals surface area contributed by atoms with Crippen molar-refractivity contribution in [3.05, 3.63) is 41.5 Å². The molecule has 3 rings (SSSR count). The monoisotopic (exact) mass is 286 g/mol. The minimum atomic E-state index is 0.430. The van der Waals surface area contributed by atoms with Crippen LogP contribution < -0.4 is 10.2 Å². The smallest absolute Gasteiger partial charge is 0.226 e. The molecule has 0 radical (unpaired) electrons. The molecule has 1 atom stereocenters. The largest absolute Gasteiger partial charge is 0.362 e. The molecule has 1 aliphatic rings. The molecule has 1 aliphatic heterocycles. The summed E-state index contributed by atoms with van der Waals surface area (Å²) in [6.07, 6.45) is 1.87. The molecule has 0 fully saturated rings. The summed E-state index contributed by atoms with van der Waals surface area (Å²) in [5, 5.41) is 7.65. The first-order valence-corrected chi connectivity index (χ1v) is 7.64. The van der Waals surface area contributed by atoms with Crippen LogP contribution in [0.15, 0.2) is 28.8 Å². The Bertz CT molecular complexity index is 595. The third-order valence-electron chi connectivity index (χ3n) is 3.77. The van der Waals surface area contributed by atoms with Crippen LogP contribution >= 0.6 is 0 Å². The molecule has 0 amide bonds. The Morgan fingerprint density at radius 2 is 2.24 bits per heavy atom. The van der Waals surface area contributed by atoms with Gasteiger partial charge >= 0.3 is 0 Å². The molecule has 0 saturated heterocycles. The average molecular weight is 286 g/mol. The topological polar surface area (TPSA) is 54.2 Å². The Morgan fingerprint density at radius 1 is 1.38 bits per heavy atom. The molecular weight excluding hydrogens is 264 g/mol. The highest BCUT2D eigenvalue weighted by Gasteiger charge is 2.20. The molecule has 5 nitrogen and oxygen atoms in total. The van der Waals surface area contributed by atoms with Crippen LogP contribution in [0.5, 0.6) is 0 Å². The van der Waals surface area contributed by atoms with Crippen LogP contribution in [0, 0.1) is 0 Å². The molecule has 0 aliphatic carbocycles. The van der Waals surface area contributed by atoms with E-state index in [1.54, 1.807) is 0 Å². The minimum Gasteiger partial charge on any atom is -0.362 e. The van der Waals surface area contributed by atoms with E-state index in [4.69, 9.17) is 4.52 Å². The summed E-state index contributed by atoms with van der Waals surface area (Å²) >= 11 is 0. The summed E-state index contributed by atoms with van der Waals surface area (Å²) < 4.78 is 5.29. The Hall–Kier alpha value is -1.88. The van der Waals surface area contributed by atoms with Crippen LogP contribution in [0.4, 0.5) is 5.69 Å². The summed E-state index contributed by atoms with van der Waals surface area (Å²) in [7, 11) is 0. The molecule has 1 aromatic carbocycles. The number of fused-ring (bicyclic) bond motifs is 1. The van der Waals surface area contributed by atoms with Crippen molar-refractivity contribution in [2.45, 2.75) is 45.8 Å². The number of nitrogens with one attached hydrogen (secondary N) is 1. The van der Waals surface area contributed by atoms with E-state index in [0.29, 0.717) is 12.6 Å². The first-order valence-electron chi connectivity index (χ1n) is 7.64. The van der Waals surface area contributed by atoms with E-state index in [1.807, 2.05) is 0 Å². The molecule has 2 aromatic rings. The summed E-state index contributed by atoms with van der Waals surface area (Å²) in [5.74, 6) is 1.50. The maximum absolute atomic E-state index is 5.29. The van der Waals surface area contributed by atoms with E-state index in [0.717, 1.165) is 37.6 Å². The molecule has 1 N–H and O–H groups in total. The number of hydrogen-bond donors (Lipinski definition) is 1. The number of nitrogens with zero attached hydrogens (tertiary/aromatic N) is 3. The van der Waals surface area contributed by atoms with Gasteiger partial charge in [-0.05, 0) is 25.0 Å². The lowest BCUT2D eigenvalue weighted by molar-refractivity contribution is 0.371. The lowest BCUT2D eigenvalue weighted by atomic mass is 10.1. The SMILES string of the molecule is CCCc1nc(CN2CC(C)NCc3ccccc32)no1. The predicted octanol–water partition coefficient (Wildman–Crippen LogP) is 2.52. The van der Waals surface area contributed by atoms with E-state index in [1.165, 1.54) is 11.3 Å². The zero-order valence-electron chi connectivity index (χ0n) is 12.7. The first kappa shape index (κ1) is 14.1. The van der Waals surface area contributed by atoms with Gasteiger partial charge in [0.2, 0.25) is 5.89 Å². The second-order valence-electron chi connectivity index (χ2n) is 5.65. The standard InChI is InChI=1S/C16H22N4O/c1-3-6-16-18-15(19-21-16)11-20-10-12(2)17-9-13-7-4-5-8-14(13)20/h4-5,7-8,12,17H,3,6,9-11H2,1-2H3. The summed E-state index contributed by atoms with van der Waals surface area (Å²) in [4.78, 5) is 6.82. The molecule has 1 unspecified atom stereocenters. The number of hydrogen-bond acceptors (Lipinski definition) is 5. The Kier molecular flexibility index (Phi) is 4.20. The first-order chi connectivity index (χ1) is 10.3. The Morgan fingerprint density at radius 3 is 3.10 bits per heavy atom. The van der Waals surface area contributed by atoms with Gasteiger partial charge < -0.3 is 14.7 Å². The van der Waals surface area contributed by atoms with Crippen molar-refractivity contribution in [2.24, 2.45) is 0 Å². The second-order valence-corrected chi connectivity index (χ2v) is 5.65. The highest BCUT2D eigenvalue weighted by molar-refractivity contribution is 5.54. The van der Waals surface area contributed by atoms with E-state index in [9.17, 15) is 0 Å². The summed E-state index contributed by atoms with van der Waals surface area (Å²) in [6, 6.07) is 8.94. The number of aromatic nitrogens is 2. The number of aryl methyl sites for hydroxylation is 1. The van der Waals surface area contributed by atoms with Crippen LogP contribution in [0.1, 0.15) is 37.5 Å². The van der Waals surface area contributed by atoms with Crippen LogP contribution in [0.25, 0.3) is 0 Å². The normalized spacial score (nSPS) is 18.4. The van der Waals surface area contributed by atoms with Gasteiger partial charge in [0.05, 0.1) is 6.54 Å². The zero-order chi connectivity index (χ0) is 14.7. The van der Waals surface area contributed by atoms with Crippen molar-refractivity contribution in [3.63, 3.8) is 0 Å². The number of para-hydroxylation sites is 1. The fraction of sp³-hybridized carbons (Fsp3) is 0.500. The Labute approximate surface area is 125 Å². The molecule has 2 heterocycles. The fourth-order valence-corrected chi connectivity index (χ4v) is 2.74. The molecular formula is C16H22N4O. The van der Waals surface area contributed by atoms with Gasteiger partial charge in [-0.3, -0.25) is 0 Å². The van der Waals surface area contributed by atoms with E-state index >= 15 is 0 Å². The van der Waals surface area contributed by atoms with Gasteiger partial charge in [-0.15, -0.1) is 0 Å². The average Bonchev–Trinajstić information content (AvgIpc) is 2.85. The number of anilines is 1. The van der Waals surface area contributed by atoms with Crippen molar-refractivity contribution in [1.82, 2.24) is 15.5 Å². The van der Waals surface area contributed by atoms with Gasteiger partial charge in [0, 0.05) is 31.2 Å². The third-order valence-corrected chi connectivity index (χ3v) is 3.77. The van der Waals surface area contributed by atoms with Crippen LogP contribution in [-0.2, 0) is 19.5 Å². The van der Waals surface area contributed by atoms with Gasteiger partial charge in [-0.25, -0.2) is 0 Å². The van der Waals surface area contributed by atoms with Gasteiger partial charge in [0.25, 0.3) is 0 Å². The molecule has 0 spiro atoms. The predicted molar refractivity (Wildman–Crippen MR) is 82.1 cm³/mol. The Balaban J connectivity index is 1.82. The van der Waals surface area contributed by atoms with Crippen molar-refractivity contribution in [1.29, 1.82) is 0 Å². The van der Waals surface area contributed by atoms with Crippen molar-refractivity contribution < 1.29 is 4.52 Å². The van der Waals surface area contributed by atoms with Crippen molar-refractivity contribution >= 4 is 5.69 Å². The lowest BCUT2D eigenvalue weighted by Gasteiger charge is -2.24. The summed E-state index contributed by atoms with van der Waals surface area (Å²) in [6.45, 7) is 6.85. The van der Waals surface area contributed by atoms with Gasteiger partial charge in [-0.1, -0.05) is 30.3 Å². The maximum Gasteiger partial charge on any atom is 0.226 e. The highest BCUT2D eigenvalue weighted by Crippen LogP contribution is 2.24. The van der Waals surface area contributed by atoms with Gasteiger partial charge in [0.1, 0.15) is 0 Å². The number of rotatable bonds is 4. The van der Waals surface area contributed by atoms with Crippen LogP contribution in [0.3, 0.4) is 0 Å². The molecule has 112 valence electrons. The maximum atomic E-state index is 5.29. The van der Waals surface area contributed by atoms with E-state index < -0.39 is 0 Å². The zero-order valence-corrected chi connectivity index (χ0v) is 12.7. The van der Waals surface area contributed by atoms with Crippen molar-refractivity contribution in [2.75, 3.05) is 11.4 Å².